The van der Waals surface area contributed by atoms with Crippen LogP contribution in [0.15, 0.2) is 42.5 Å². The van der Waals surface area contributed by atoms with Crippen LogP contribution < -0.4 is 0 Å². The number of benzene rings is 2. The number of aryl methyl sites for hydroxylation is 1. The summed E-state index contributed by atoms with van der Waals surface area (Å²) in [4.78, 5) is 30.2. The molecule has 2 aromatic carbocycles. The van der Waals surface area contributed by atoms with E-state index in [9.17, 15) is 9.59 Å². The SMILES string of the molecule is CCCc1nc2ccccc2c(C(=O)OCC(=O)c2ccc(Cl)c(Cl)c2)c1CC. The third-order valence-corrected chi connectivity index (χ3v) is 5.44. The fraction of sp³-hybridized carbons (Fsp3) is 0.261. The molecule has 0 atom stereocenters. The first-order chi connectivity index (χ1) is 14.0. The van der Waals surface area contributed by atoms with Crippen LogP contribution in [0.4, 0.5) is 0 Å². The van der Waals surface area contributed by atoms with Gasteiger partial charge in [-0.1, -0.05) is 61.7 Å². The summed E-state index contributed by atoms with van der Waals surface area (Å²) < 4.78 is 5.41. The average molecular weight is 430 g/mol. The van der Waals surface area contributed by atoms with Gasteiger partial charge in [-0.2, -0.15) is 0 Å². The van der Waals surface area contributed by atoms with Crippen molar-refractivity contribution in [3.8, 4) is 0 Å². The van der Waals surface area contributed by atoms with Gasteiger partial charge in [0.1, 0.15) is 0 Å². The zero-order chi connectivity index (χ0) is 21.0. The molecule has 0 spiro atoms. The van der Waals surface area contributed by atoms with E-state index in [0.29, 0.717) is 22.6 Å². The quantitative estimate of drug-likeness (QED) is 0.336. The second kappa shape index (κ2) is 9.38. The summed E-state index contributed by atoms with van der Waals surface area (Å²) in [5.41, 5.74) is 3.35. The largest absolute Gasteiger partial charge is 0.454 e. The lowest BCUT2D eigenvalue weighted by molar-refractivity contribution is 0.0475. The molecule has 29 heavy (non-hydrogen) atoms. The Labute approximate surface area is 179 Å². The van der Waals surface area contributed by atoms with E-state index in [1.54, 1.807) is 12.1 Å². The lowest BCUT2D eigenvalue weighted by Crippen LogP contribution is -2.17. The normalized spacial score (nSPS) is 10.9. The van der Waals surface area contributed by atoms with Gasteiger partial charge in [0.05, 0.1) is 21.1 Å². The van der Waals surface area contributed by atoms with Crippen molar-refractivity contribution in [3.05, 3.63) is 74.9 Å². The fourth-order valence-electron chi connectivity index (χ4n) is 3.32. The van der Waals surface area contributed by atoms with E-state index >= 15 is 0 Å². The molecule has 0 amide bonds. The second-order valence-electron chi connectivity index (χ2n) is 6.66. The van der Waals surface area contributed by atoms with Crippen LogP contribution in [0, 0.1) is 0 Å². The lowest BCUT2D eigenvalue weighted by atomic mass is 9.96. The summed E-state index contributed by atoms with van der Waals surface area (Å²) in [5, 5.41) is 1.37. The maximum Gasteiger partial charge on any atom is 0.339 e. The minimum Gasteiger partial charge on any atom is -0.454 e. The van der Waals surface area contributed by atoms with Crippen molar-refractivity contribution in [2.75, 3.05) is 6.61 Å². The molecule has 0 aliphatic rings. The molecular formula is C23H21Cl2NO3. The first kappa shape index (κ1) is 21.3. The van der Waals surface area contributed by atoms with Crippen LogP contribution in [-0.2, 0) is 17.6 Å². The number of para-hydroxylation sites is 1. The topological polar surface area (TPSA) is 56.3 Å². The molecular weight excluding hydrogens is 409 g/mol. The van der Waals surface area contributed by atoms with Crippen LogP contribution in [0.5, 0.6) is 0 Å². The van der Waals surface area contributed by atoms with Crippen LogP contribution in [0.1, 0.15) is 52.2 Å². The maximum atomic E-state index is 13.0. The number of ketones is 1. The highest BCUT2D eigenvalue weighted by molar-refractivity contribution is 6.42. The summed E-state index contributed by atoms with van der Waals surface area (Å²) in [7, 11) is 0. The molecule has 3 rings (SSSR count). The zero-order valence-electron chi connectivity index (χ0n) is 16.3. The molecule has 0 fully saturated rings. The van der Waals surface area contributed by atoms with E-state index in [4.69, 9.17) is 32.9 Å². The van der Waals surface area contributed by atoms with Gasteiger partial charge in [-0.25, -0.2) is 4.79 Å². The lowest BCUT2D eigenvalue weighted by Gasteiger charge is -2.15. The molecule has 1 heterocycles. The molecule has 4 nitrogen and oxygen atoms in total. The van der Waals surface area contributed by atoms with Crippen LogP contribution in [0.25, 0.3) is 10.9 Å². The van der Waals surface area contributed by atoms with Gasteiger partial charge in [-0.15, -0.1) is 0 Å². The number of carbonyl (C=O) groups is 2. The first-order valence-electron chi connectivity index (χ1n) is 9.52. The van der Waals surface area contributed by atoms with E-state index in [1.165, 1.54) is 6.07 Å². The van der Waals surface area contributed by atoms with Gasteiger partial charge < -0.3 is 4.74 Å². The van der Waals surface area contributed by atoms with Gasteiger partial charge in [-0.3, -0.25) is 9.78 Å². The number of hydrogen-bond donors (Lipinski definition) is 0. The van der Waals surface area contributed by atoms with Crippen LogP contribution in [0.3, 0.4) is 0 Å². The molecule has 0 aliphatic carbocycles. The van der Waals surface area contributed by atoms with E-state index in [1.807, 2.05) is 31.2 Å². The van der Waals surface area contributed by atoms with Crippen molar-refractivity contribution < 1.29 is 14.3 Å². The number of halogens is 2. The highest BCUT2D eigenvalue weighted by Gasteiger charge is 2.21. The van der Waals surface area contributed by atoms with Crippen molar-refractivity contribution in [3.63, 3.8) is 0 Å². The van der Waals surface area contributed by atoms with Crippen LogP contribution in [0.2, 0.25) is 10.0 Å². The van der Waals surface area contributed by atoms with Gasteiger partial charge in [-0.05, 0) is 42.7 Å². The Balaban J connectivity index is 1.91. The zero-order valence-corrected chi connectivity index (χ0v) is 17.8. The van der Waals surface area contributed by atoms with E-state index in [-0.39, 0.29) is 17.4 Å². The molecule has 1 aromatic heterocycles. The molecule has 0 saturated carbocycles. The number of pyridine rings is 1. The maximum absolute atomic E-state index is 13.0. The molecule has 0 saturated heterocycles. The Bertz CT molecular complexity index is 1080. The number of ether oxygens (including phenoxy) is 1. The Hall–Kier alpha value is -2.43. The number of nitrogens with zero attached hydrogens (tertiary/aromatic N) is 1. The Morgan fingerprint density at radius 2 is 1.79 bits per heavy atom. The Morgan fingerprint density at radius 3 is 2.48 bits per heavy atom. The highest BCUT2D eigenvalue weighted by atomic mass is 35.5. The molecule has 0 aliphatic heterocycles. The van der Waals surface area contributed by atoms with E-state index in [0.717, 1.165) is 35.0 Å². The van der Waals surface area contributed by atoms with Crippen LogP contribution >= 0.6 is 23.2 Å². The Kier molecular flexibility index (Phi) is 6.88. The molecule has 0 bridgehead atoms. The van der Waals surface area contributed by atoms with E-state index in [2.05, 4.69) is 6.92 Å². The van der Waals surface area contributed by atoms with Crippen molar-refractivity contribution in [1.82, 2.24) is 4.98 Å². The standard InChI is InChI=1S/C23H21Cl2NO3/c1-3-7-19-15(4-2)22(16-8-5-6-9-20(16)26-19)23(28)29-13-21(27)14-10-11-17(24)18(25)12-14/h5-6,8-12H,3-4,7,13H2,1-2H3. The predicted molar refractivity (Wildman–Crippen MR) is 116 cm³/mol. The minimum absolute atomic E-state index is 0.279. The smallest absolute Gasteiger partial charge is 0.339 e. The average Bonchev–Trinajstić information content (AvgIpc) is 2.72. The van der Waals surface area contributed by atoms with Crippen molar-refractivity contribution in [2.24, 2.45) is 0 Å². The molecule has 0 unspecified atom stereocenters. The first-order valence-corrected chi connectivity index (χ1v) is 10.3. The summed E-state index contributed by atoms with van der Waals surface area (Å²) in [6, 6.07) is 12.1. The molecule has 3 aromatic rings. The van der Waals surface area contributed by atoms with Crippen molar-refractivity contribution >= 4 is 45.9 Å². The molecule has 150 valence electrons. The number of rotatable bonds is 7. The van der Waals surface area contributed by atoms with Crippen molar-refractivity contribution in [1.29, 1.82) is 0 Å². The summed E-state index contributed by atoms with van der Waals surface area (Å²) in [6.45, 7) is 3.69. The van der Waals surface area contributed by atoms with E-state index < -0.39 is 5.97 Å². The fourth-order valence-corrected chi connectivity index (χ4v) is 3.61. The highest BCUT2D eigenvalue weighted by Crippen LogP contribution is 2.26. The monoisotopic (exact) mass is 429 g/mol. The van der Waals surface area contributed by atoms with Gasteiger partial charge in [0, 0.05) is 16.6 Å². The van der Waals surface area contributed by atoms with Gasteiger partial charge in [0.2, 0.25) is 0 Å². The van der Waals surface area contributed by atoms with Gasteiger partial charge >= 0.3 is 5.97 Å². The third kappa shape index (κ3) is 4.60. The Morgan fingerprint density at radius 1 is 1.03 bits per heavy atom. The molecule has 0 radical (unpaired) electrons. The molecule has 6 heteroatoms. The van der Waals surface area contributed by atoms with Gasteiger partial charge in [0.15, 0.2) is 12.4 Å². The van der Waals surface area contributed by atoms with Crippen LogP contribution in [-0.4, -0.2) is 23.3 Å². The number of Topliss-reactive ketones (excluding diaryl/α,β-unsaturated/α-hetero) is 1. The third-order valence-electron chi connectivity index (χ3n) is 4.70. The number of fused-ring (bicyclic) bond motifs is 1. The number of hydrogen-bond acceptors (Lipinski definition) is 4. The van der Waals surface area contributed by atoms with Gasteiger partial charge in [0.25, 0.3) is 0 Å². The predicted octanol–water partition coefficient (Wildman–Crippen LogP) is 6.10. The minimum atomic E-state index is -0.522. The number of carbonyl (C=O) groups excluding carboxylic acids is 2. The number of esters is 1. The summed E-state index contributed by atoms with van der Waals surface area (Å²) in [6.07, 6.45) is 2.34. The molecule has 0 N–H and O–H groups in total. The second-order valence-corrected chi connectivity index (χ2v) is 7.48. The van der Waals surface area contributed by atoms with Crippen molar-refractivity contribution in [2.45, 2.75) is 33.1 Å². The summed E-state index contributed by atoms with van der Waals surface area (Å²) >= 11 is 11.9. The summed E-state index contributed by atoms with van der Waals surface area (Å²) in [5.74, 6) is -0.867. The number of aromatic nitrogens is 1.